The van der Waals surface area contributed by atoms with Crippen LogP contribution in [0.3, 0.4) is 0 Å². The Morgan fingerprint density at radius 2 is 1.97 bits per heavy atom. The molecule has 0 aliphatic carbocycles. The first-order valence-electron chi connectivity index (χ1n) is 10.3. The number of hydrogen-bond acceptors (Lipinski definition) is 8. The first kappa shape index (κ1) is 22.7. The van der Waals surface area contributed by atoms with Crippen molar-refractivity contribution in [2.75, 3.05) is 50.2 Å². The molecule has 2 aliphatic heterocycles. The lowest BCUT2D eigenvalue weighted by Crippen LogP contribution is -2.38. The second-order valence-electron chi connectivity index (χ2n) is 7.36. The number of phenolic OH excluding ortho intramolecular Hbond substituents is 1. The third-order valence-corrected chi connectivity index (χ3v) is 6.11. The van der Waals surface area contributed by atoms with Gasteiger partial charge in [-0.05, 0) is 47.7 Å². The number of anilines is 2. The first-order valence-corrected chi connectivity index (χ1v) is 11.1. The Bertz CT molecular complexity index is 1110. The SMILES string of the molecule is COc1ccc(/C=C2/SC(=O)N(CC(=O)Nc3ccccc3N3CCOCC3)C2=O)cc1O. The molecule has 33 heavy (non-hydrogen) atoms. The zero-order valence-electron chi connectivity index (χ0n) is 17.9. The average molecular weight is 470 g/mol. The molecule has 2 N–H and O–H groups in total. The van der Waals surface area contributed by atoms with Gasteiger partial charge in [-0.3, -0.25) is 19.3 Å². The number of ether oxygens (including phenoxy) is 2. The predicted molar refractivity (Wildman–Crippen MR) is 125 cm³/mol. The van der Waals surface area contributed by atoms with E-state index in [-0.39, 0.29) is 10.7 Å². The predicted octanol–water partition coefficient (Wildman–Crippen LogP) is 2.91. The summed E-state index contributed by atoms with van der Waals surface area (Å²) >= 11 is 0.750. The summed E-state index contributed by atoms with van der Waals surface area (Å²) < 4.78 is 10.4. The summed E-state index contributed by atoms with van der Waals surface area (Å²) in [5.74, 6) is -0.809. The molecule has 4 rings (SSSR count). The zero-order chi connectivity index (χ0) is 23.4. The van der Waals surface area contributed by atoms with Crippen LogP contribution in [0.4, 0.5) is 16.2 Å². The van der Waals surface area contributed by atoms with Gasteiger partial charge in [-0.2, -0.15) is 0 Å². The number of carbonyl (C=O) groups excluding carboxylic acids is 3. The molecule has 2 aromatic rings. The first-order chi connectivity index (χ1) is 16.0. The van der Waals surface area contributed by atoms with Crippen molar-refractivity contribution in [3.63, 3.8) is 0 Å². The maximum atomic E-state index is 12.8. The van der Waals surface area contributed by atoms with E-state index < -0.39 is 23.6 Å². The molecule has 2 aromatic carbocycles. The Kier molecular flexibility index (Phi) is 6.85. The highest BCUT2D eigenvalue weighted by molar-refractivity contribution is 8.18. The quantitative estimate of drug-likeness (QED) is 0.622. The van der Waals surface area contributed by atoms with Gasteiger partial charge < -0.3 is 24.8 Å². The molecule has 10 heteroatoms. The normalized spacial score (nSPS) is 17.5. The molecule has 0 bridgehead atoms. The van der Waals surface area contributed by atoms with Crippen molar-refractivity contribution in [3.05, 3.63) is 52.9 Å². The molecular weight excluding hydrogens is 446 g/mol. The highest BCUT2D eigenvalue weighted by Crippen LogP contribution is 2.34. The molecular formula is C23H23N3O6S. The van der Waals surface area contributed by atoms with Gasteiger partial charge >= 0.3 is 0 Å². The number of benzene rings is 2. The smallest absolute Gasteiger partial charge is 0.294 e. The van der Waals surface area contributed by atoms with Crippen LogP contribution in [0.25, 0.3) is 6.08 Å². The number of amides is 3. The van der Waals surface area contributed by atoms with Crippen molar-refractivity contribution in [2.24, 2.45) is 0 Å². The van der Waals surface area contributed by atoms with Gasteiger partial charge in [0.05, 0.1) is 36.6 Å². The van der Waals surface area contributed by atoms with Gasteiger partial charge in [0.15, 0.2) is 11.5 Å². The molecule has 0 aromatic heterocycles. The van der Waals surface area contributed by atoms with E-state index in [1.54, 1.807) is 18.2 Å². The second-order valence-corrected chi connectivity index (χ2v) is 8.36. The Morgan fingerprint density at radius 3 is 2.70 bits per heavy atom. The van der Waals surface area contributed by atoms with Gasteiger partial charge in [-0.1, -0.05) is 18.2 Å². The number of nitrogens with zero attached hydrogens (tertiary/aromatic N) is 2. The maximum absolute atomic E-state index is 12.8. The van der Waals surface area contributed by atoms with Crippen LogP contribution in [-0.2, 0) is 14.3 Å². The molecule has 0 unspecified atom stereocenters. The van der Waals surface area contributed by atoms with Crippen LogP contribution >= 0.6 is 11.8 Å². The molecule has 0 saturated carbocycles. The van der Waals surface area contributed by atoms with Gasteiger partial charge in [0.1, 0.15) is 6.54 Å². The van der Waals surface area contributed by atoms with E-state index in [0.717, 1.165) is 22.3 Å². The van der Waals surface area contributed by atoms with Crippen molar-refractivity contribution >= 4 is 46.3 Å². The molecule has 0 spiro atoms. The molecule has 9 nitrogen and oxygen atoms in total. The van der Waals surface area contributed by atoms with Crippen LogP contribution < -0.4 is 15.0 Å². The Labute approximate surface area is 195 Å². The van der Waals surface area contributed by atoms with E-state index in [9.17, 15) is 19.5 Å². The Balaban J connectivity index is 1.44. The maximum Gasteiger partial charge on any atom is 0.294 e. The summed E-state index contributed by atoms with van der Waals surface area (Å²) in [6.45, 7) is 2.24. The largest absolute Gasteiger partial charge is 0.504 e. The van der Waals surface area contributed by atoms with Crippen molar-refractivity contribution in [3.8, 4) is 11.5 Å². The van der Waals surface area contributed by atoms with Crippen molar-refractivity contribution < 1.29 is 29.0 Å². The number of aromatic hydroxyl groups is 1. The minimum atomic E-state index is -0.558. The highest BCUT2D eigenvalue weighted by Gasteiger charge is 2.36. The Hall–Kier alpha value is -3.50. The molecule has 172 valence electrons. The van der Waals surface area contributed by atoms with Crippen LogP contribution in [0.15, 0.2) is 47.4 Å². The lowest BCUT2D eigenvalue weighted by atomic mass is 10.2. The molecule has 2 aliphatic rings. The number of morpholine rings is 1. The summed E-state index contributed by atoms with van der Waals surface area (Å²) in [5, 5.41) is 12.2. The summed E-state index contributed by atoms with van der Waals surface area (Å²) in [5.41, 5.74) is 2.01. The number of carbonyl (C=O) groups is 3. The zero-order valence-corrected chi connectivity index (χ0v) is 18.8. The summed E-state index contributed by atoms with van der Waals surface area (Å²) in [4.78, 5) is 41.1. The fourth-order valence-electron chi connectivity index (χ4n) is 3.58. The minimum Gasteiger partial charge on any atom is -0.504 e. The Morgan fingerprint density at radius 1 is 1.21 bits per heavy atom. The van der Waals surface area contributed by atoms with Gasteiger partial charge in [0, 0.05) is 13.1 Å². The minimum absolute atomic E-state index is 0.0798. The van der Waals surface area contributed by atoms with Gasteiger partial charge in [0.25, 0.3) is 11.1 Å². The number of thioether (sulfide) groups is 1. The molecule has 2 saturated heterocycles. The van der Waals surface area contributed by atoms with Gasteiger partial charge in [-0.25, -0.2) is 0 Å². The van der Waals surface area contributed by atoms with Crippen LogP contribution in [0.2, 0.25) is 0 Å². The topological polar surface area (TPSA) is 108 Å². The van der Waals surface area contributed by atoms with Crippen LogP contribution in [0.5, 0.6) is 11.5 Å². The van der Waals surface area contributed by atoms with Gasteiger partial charge in [-0.15, -0.1) is 0 Å². The monoisotopic (exact) mass is 469 g/mol. The summed E-state index contributed by atoms with van der Waals surface area (Å²) in [6.07, 6.45) is 1.50. The third kappa shape index (κ3) is 5.12. The van der Waals surface area contributed by atoms with E-state index in [1.807, 2.05) is 18.2 Å². The van der Waals surface area contributed by atoms with E-state index in [2.05, 4.69) is 10.2 Å². The summed E-state index contributed by atoms with van der Waals surface area (Å²) in [6, 6.07) is 12.0. The number of phenols is 1. The number of rotatable bonds is 6. The van der Waals surface area contributed by atoms with Crippen molar-refractivity contribution in [2.45, 2.75) is 0 Å². The number of imide groups is 1. The third-order valence-electron chi connectivity index (χ3n) is 5.21. The average Bonchev–Trinajstić information content (AvgIpc) is 3.07. The number of nitrogens with one attached hydrogen (secondary N) is 1. The number of methoxy groups -OCH3 is 1. The standard InChI is InChI=1S/C23H23N3O6S/c1-31-19-7-6-15(12-18(19)27)13-20-22(29)26(23(30)33-20)14-21(28)24-16-4-2-3-5-17(16)25-8-10-32-11-9-25/h2-7,12-13,27H,8-11,14H2,1H3,(H,24,28)/b20-13+. The lowest BCUT2D eigenvalue weighted by Gasteiger charge is -2.30. The van der Waals surface area contributed by atoms with Crippen LogP contribution in [0, 0.1) is 0 Å². The molecule has 2 heterocycles. The van der Waals surface area contributed by atoms with Crippen molar-refractivity contribution in [1.29, 1.82) is 0 Å². The number of para-hydroxylation sites is 2. The van der Waals surface area contributed by atoms with E-state index in [1.165, 1.54) is 19.3 Å². The lowest BCUT2D eigenvalue weighted by molar-refractivity contribution is -0.127. The van der Waals surface area contributed by atoms with Gasteiger partial charge in [0.2, 0.25) is 5.91 Å². The molecule has 0 radical (unpaired) electrons. The van der Waals surface area contributed by atoms with E-state index >= 15 is 0 Å². The fraction of sp³-hybridized carbons (Fsp3) is 0.261. The van der Waals surface area contributed by atoms with Crippen LogP contribution in [-0.4, -0.2) is 67.0 Å². The van der Waals surface area contributed by atoms with Crippen molar-refractivity contribution in [1.82, 2.24) is 4.90 Å². The van der Waals surface area contributed by atoms with Crippen LogP contribution in [0.1, 0.15) is 5.56 Å². The van der Waals surface area contributed by atoms with E-state index in [4.69, 9.17) is 9.47 Å². The summed E-state index contributed by atoms with van der Waals surface area (Å²) in [7, 11) is 1.43. The van der Waals surface area contributed by atoms with E-state index in [0.29, 0.717) is 43.3 Å². The molecule has 3 amide bonds. The molecule has 2 fully saturated rings. The highest BCUT2D eigenvalue weighted by atomic mass is 32.2. The second kappa shape index (κ2) is 9.97. The fourth-order valence-corrected chi connectivity index (χ4v) is 4.42. The number of hydrogen-bond donors (Lipinski definition) is 2. The molecule has 0 atom stereocenters.